The van der Waals surface area contributed by atoms with Crippen molar-refractivity contribution >= 4 is 11.8 Å². The molecular formula is C21H28O3. The van der Waals surface area contributed by atoms with Crippen LogP contribution in [-0.4, -0.2) is 18.9 Å². The summed E-state index contributed by atoms with van der Waals surface area (Å²) in [7, 11) is 1.44. The van der Waals surface area contributed by atoms with E-state index < -0.39 is 11.3 Å². The number of carbonyl (C=O) groups is 2. The number of rotatable bonds is 3. The Morgan fingerprint density at radius 3 is 2.54 bits per heavy atom. The number of ether oxygens (including phenoxy) is 1. The largest absolute Gasteiger partial charge is 0.469 e. The van der Waals surface area contributed by atoms with Gasteiger partial charge < -0.3 is 4.74 Å². The van der Waals surface area contributed by atoms with Crippen LogP contribution in [0.15, 0.2) is 37.0 Å². The standard InChI is InChI=1S/C21H28O3/c1-7-13-11-14-15(22)12-21(13)16(19(14,3)4)9-10-20(5,8-2)17(21)18(23)24-6/h7-8,11,14,16-17H,1-2,9-10,12H2,3-6H3/t14?,16-,17-,20?,21-/m0/s1. The van der Waals surface area contributed by atoms with Crippen molar-refractivity contribution in [3.63, 3.8) is 0 Å². The van der Waals surface area contributed by atoms with E-state index in [-0.39, 0.29) is 34.4 Å². The normalized spacial score (nSPS) is 42.8. The lowest BCUT2D eigenvalue weighted by Crippen LogP contribution is -2.65. The summed E-state index contributed by atoms with van der Waals surface area (Å²) in [6.07, 6.45) is 8.09. The first-order valence-corrected chi connectivity index (χ1v) is 8.78. The number of hydrogen-bond donors (Lipinski definition) is 0. The molecule has 0 amide bonds. The predicted molar refractivity (Wildman–Crippen MR) is 94.1 cm³/mol. The van der Waals surface area contributed by atoms with Gasteiger partial charge in [-0.05, 0) is 35.2 Å². The van der Waals surface area contributed by atoms with Crippen LogP contribution in [-0.2, 0) is 14.3 Å². The molecule has 3 nitrogen and oxygen atoms in total. The van der Waals surface area contributed by atoms with Gasteiger partial charge in [-0.3, -0.25) is 9.59 Å². The zero-order valence-corrected chi connectivity index (χ0v) is 15.2. The topological polar surface area (TPSA) is 43.4 Å². The van der Waals surface area contributed by atoms with E-state index in [2.05, 4.69) is 40.0 Å². The van der Waals surface area contributed by atoms with E-state index in [9.17, 15) is 9.59 Å². The van der Waals surface area contributed by atoms with Crippen LogP contribution in [0, 0.1) is 34.0 Å². The van der Waals surface area contributed by atoms with E-state index in [1.165, 1.54) is 7.11 Å². The zero-order chi connectivity index (χ0) is 17.9. The maximum atomic E-state index is 12.9. The molecule has 0 heterocycles. The van der Waals surface area contributed by atoms with Gasteiger partial charge in [-0.1, -0.05) is 45.6 Å². The lowest BCUT2D eigenvalue weighted by Gasteiger charge is -2.66. The molecule has 0 aliphatic heterocycles. The highest BCUT2D eigenvalue weighted by atomic mass is 16.5. The molecule has 24 heavy (non-hydrogen) atoms. The Hall–Kier alpha value is -1.64. The van der Waals surface area contributed by atoms with Crippen molar-refractivity contribution in [2.75, 3.05) is 7.11 Å². The van der Waals surface area contributed by atoms with Gasteiger partial charge in [0.05, 0.1) is 13.0 Å². The molecule has 0 aromatic heterocycles. The maximum Gasteiger partial charge on any atom is 0.310 e. The minimum atomic E-state index is -0.522. The van der Waals surface area contributed by atoms with Crippen molar-refractivity contribution in [1.82, 2.24) is 0 Å². The summed E-state index contributed by atoms with van der Waals surface area (Å²) in [5, 5.41) is 0. The maximum absolute atomic E-state index is 12.9. The quantitative estimate of drug-likeness (QED) is 0.578. The Balaban J connectivity index is 2.32. The van der Waals surface area contributed by atoms with Gasteiger partial charge in [-0.25, -0.2) is 0 Å². The Labute approximate surface area is 144 Å². The summed E-state index contributed by atoms with van der Waals surface area (Å²) in [6, 6.07) is 0. The summed E-state index contributed by atoms with van der Waals surface area (Å²) >= 11 is 0. The van der Waals surface area contributed by atoms with Crippen LogP contribution in [0.3, 0.4) is 0 Å². The van der Waals surface area contributed by atoms with Crippen molar-refractivity contribution in [3.05, 3.63) is 37.0 Å². The number of hydrogen-bond acceptors (Lipinski definition) is 3. The van der Waals surface area contributed by atoms with Gasteiger partial charge in [-0.2, -0.15) is 0 Å². The molecule has 0 saturated heterocycles. The van der Waals surface area contributed by atoms with Crippen molar-refractivity contribution in [2.24, 2.45) is 34.0 Å². The smallest absolute Gasteiger partial charge is 0.310 e. The van der Waals surface area contributed by atoms with Crippen LogP contribution >= 0.6 is 0 Å². The van der Waals surface area contributed by atoms with E-state index >= 15 is 0 Å². The molecule has 130 valence electrons. The first-order valence-electron chi connectivity index (χ1n) is 8.78. The Kier molecular flexibility index (Phi) is 3.71. The molecule has 2 bridgehead atoms. The predicted octanol–water partition coefficient (Wildman–Crippen LogP) is 4.11. The molecule has 5 atom stereocenters. The van der Waals surface area contributed by atoms with Gasteiger partial charge in [-0.15, -0.1) is 6.58 Å². The van der Waals surface area contributed by atoms with Crippen LogP contribution in [0.5, 0.6) is 0 Å². The van der Waals surface area contributed by atoms with E-state index in [4.69, 9.17) is 4.74 Å². The molecule has 4 aliphatic carbocycles. The van der Waals surface area contributed by atoms with E-state index in [1.54, 1.807) is 0 Å². The molecule has 0 aromatic rings. The Morgan fingerprint density at radius 2 is 2.00 bits per heavy atom. The van der Waals surface area contributed by atoms with E-state index in [1.807, 2.05) is 12.2 Å². The second-order valence-corrected chi connectivity index (χ2v) is 8.57. The Bertz CT molecular complexity index is 656. The first-order chi connectivity index (χ1) is 11.2. The summed E-state index contributed by atoms with van der Waals surface area (Å²) in [4.78, 5) is 25.8. The van der Waals surface area contributed by atoms with Crippen molar-refractivity contribution < 1.29 is 14.3 Å². The fourth-order valence-corrected chi connectivity index (χ4v) is 6.13. The Morgan fingerprint density at radius 1 is 1.33 bits per heavy atom. The van der Waals surface area contributed by atoms with Crippen molar-refractivity contribution in [1.29, 1.82) is 0 Å². The molecule has 1 spiro atoms. The number of esters is 1. The van der Waals surface area contributed by atoms with Gasteiger partial charge >= 0.3 is 5.97 Å². The zero-order valence-electron chi connectivity index (χ0n) is 15.2. The fraction of sp³-hybridized carbons (Fsp3) is 0.619. The lowest BCUT2D eigenvalue weighted by atomic mass is 9.36. The molecule has 2 saturated carbocycles. The van der Waals surface area contributed by atoms with Crippen LogP contribution in [0.2, 0.25) is 0 Å². The molecule has 4 aliphatic rings. The summed E-state index contributed by atoms with van der Waals surface area (Å²) < 4.78 is 5.22. The number of methoxy groups -OCH3 is 1. The molecule has 2 fully saturated rings. The average Bonchev–Trinajstić information content (AvgIpc) is 2.53. The van der Waals surface area contributed by atoms with Crippen LogP contribution in [0.4, 0.5) is 0 Å². The number of carbonyl (C=O) groups excluding carboxylic acids is 2. The lowest BCUT2D eigenvalue weighted by molar-refractivity contribution is -0.179. The number of Topliss-reactive ketones (excluding diaryl/α,β-unsaturated/α-hetero) is 1. The second kappa shape index (κ2) is 5.18. The van der Waals surface area contributed by atoms with Crippen molar-refractivity contribution in [2.45, 2.75) is 40.0 Å². The van der Waals surface area contributed by atoms with Gasteiger partial charge in [0.25, 0.3) is 0 Å². The minimum Gasteiger partial charge on any atom is -0.469 e. The highest BCUT2D eigenvalue weighted by Crippen LogP contribution is 2.70. The van der Waals surface area contributed by atoms with E-state index in [0.717, 1.165) is 18.4 Å². The summed E-state index contributed by atoms with van der Waals surface area (Å²) in [5.74, 6) is -0.213. The molecule has 4 rings (SSSR count). The highest BCUT2D eigenvalue weighted by Gasteiger charge is 2.69. The highest BCUT2D eigenvalue weighted by molar-refractivity contribution is 5.90. The monoisotopic (exact) mass is 328 g/mol. The SMILES string of the molecule is C=CC1=CC2C(=O)C[C@]13[C@@H](C(=O)OC)C(C)(C=C)CC[C@H]3C2(C)C. The number of fused-ring (bicyclic) bond motifs is 1. The van der Waals surface area contributed by atoms with Crippen molar-refractivity contribution in [3.8, 4) is 0 Å². The molecule has 0 aromatic carbocycles. The van der Waals surface area contributed by atoms with Gasteiger partial charge in [0, 0.05) is 17.8 Å². The van der Waals surface area contributed by atoms with E-state index in [0.29, 0.717) is 6.42 Å². The number of allylic oxidation sites excluding steroid dienone is 4. The average molecular weight is 328 g/mol. The second-order valence-electron chi connectivity index (χ2n) is 8.57. The third-order valence-corrected chi connectivity index (χ3v) is 7.29. The molecule has 0 radical (unpaired) electrons. The van der Waals surface area contributed by atoms with Gasteiger partial charge in [0.15, 0.2) is 0 Å². The summed E-state index contributed by atoms with van der Waals surface area (Å²) in [5.41, 5.74) is -0.00611. The molecular weight excluding hydrogens is 300 g/mol. The molecule has 2 unspecified atom stereocenters. The number of ketones is 1. The first kappa shape index (κ1) is 17.2. The summed E-state index contributed by atoms with van der Waals surface area (Å²) in [6.45, 7) is 14.4. The molecule has 0 N–H and O–H groups in total. The van der Waals surface area contributed by atoms with Crippen LogP contribution in [0.25, 0.3) is 0 Å². The molecule has 3 heteroatoms. The van der Waals surface area contributed by atoms with Gasteiger partial charge in [0.1, 0.15) is 5.78 Å². The minimum absolute atomic E-state index is 0.0799. The van der Waals surface area contributed by atoms with Crippen LogP contribution in [0.1, 0.15) is 40.0 Å². The van der Waals surface area contributed by atoms with Crippen LogP contribution < -0.4 is 0 Å². The fourth-order valence-electron chi connectivity index (χ4n) is 6.13. The third-order valence-electron chi connectivity index (χ3n) is 7.29. The van der Waals surface area contributed by atoms with Gasteiger partial charge in [0.2, 0.25) is 0 Å². The third kappa shape index (κ3) is 1.84.